The van der Waals surface area contributed by atoms with Crippen molar-refractivity contribution >= 4 is 22.8 Å². The van der Waals surface area contributed by atoms with Crippen molar-refractivity contribution in [1.29, 1.82) is 0 Å². The molecule has 8 nitrogen and oxygen atoms in total. The second kappa shape index (κ2) is 6.86. The summed E-state index contributed by atoms with van der Waals surface area (Å²) in [5.74, 6) is -0.665. The van der Waals surface area contributed by atoms with Gasteiger partial charge in [0.05, 0.1) is 5.52 Å². The molecular formula is C19H20N4O4. The summed E-state index contributed by atoms with van der Waals surface area (Å²) >= 11 is 0. The molecule has 0 spiro atoms. The predicted molar refractivity (Wildman–Crippen MR) is 97.3 cm³/mol. The number of hydrogen-bond donors (Lipinski definition) is 0. The Kier molecular flexibility index (Phi) is 4.39. The van der Waals surface area contributed by atoms with E-state index >= 15 is 0 Å². The standard InChI is InChI=1S/C19H20N4O4/c1-21-10-8-20-18(21)17(25)13-5-4-9-22(11-13)16(24)12-23-14-6-2-3-7-15(14)27-19(23)26/h2-3,6-8,10,13H,4-5,9,11-12H2,1H3/t13-/m0/s1. The summed E-state index contributed by atoms with van der Waals surface area (Å²) in [6.45, 7) is 0.821. The summed E-state index contributed by atoms with van der Waals surface area (Å²) in [6.07, 6.45) is 4.79. The summed E-state index contributed by atoms with van der Waals surface area (Å²) in [5, 5.41) is 0. The lowest BCUT2D eigenvalue weighted by atomic mass is 9.93. The van der Waals surface area contributed by atoms with Crippen molar-refractivity contribution in [3.63, 3.8) is 0 Å². The molecule has 1 fully saturated rings. The van der Waals surface area contributed by atoms with Gasteiger partial charge in [0.1, 0.15) is 6.54 Å². The summed E-state index contributed by atoms with van der Waals surface area (Å²) in [4.78, 5) is 43.3. The quantitative estimate of drug-likeness (QED) is 0.650. The zero-order valence-corrected chi connectivity index (χ0v) is 15.0. The molecule has 4 rings (SSSR count). The van der Waals surface area contributed by atoms with Crippen LogP contribution in [0, 0.1) is 5.92 Å². The molecule has 1 aliphatic rings. The first-order valence-corrected chi connectivity index (χ1v) is 8.92. The Morgan fingerprint density at radius 3 is 2.89 bits per heavy atom. The molecule has 1 amide bonds. The number of hydrogen-bond acceptors (Lipinski definition) is 5. The largest absolute Gasteiger partial charge is 0.420 e. The highest BCUT2D eigenvalue weighted by atomic mass is 16.4. The average molecular weight is 368 g/mol. The fourth-order valence-corrected chi connectivity index (χ4v) is 3.60. The van der Waals surface area contributed by atoms with Crippen molar-refractivity contribution in [2.45, 2.75) is 19.4 Å². The second-order valence-electron chi connectivity index (χ2n) is 6.83. The molecule has 0 unspecified atom stereocenters. The smallest absolute Gasteiger partial charge is 0.408 e. The third kappa shape index (κ3) is 3.18. The van der Waals surface area contributed by atoms with Crippen LogP contribution >= 0.6 is 0 Å². The molecule has 3 heterocycles. The van der Waals surface area contributed by atoms with Crippen LogP contribution in [0.2, 0.25) is 0 Å². The summed E-state index contributed by atoms with van der Waals surface area (Å²) in [5.41, 5.74) is 1.05. The number of fused-ring (bicyclic) bond motifs is 1. The Balaban J connectivity index is 1.50. The number of carbonyl (C=O) groups is 2. The van der Waals surface area contributed by atoms with E-state index in [1.165, 1.54) is 4.57 Å². The van der Waals surface area contributed by atoms with Gasteiger partial charge in [-0.25, -0.2) is 9.78 Å². The Bertz CT molecular complexity index is 1060. The van der Waals surface area contributed by atoms with Crippen molar-refractivity contribution in [1.82, 2.24) is 19.0 Å². The minimum Gasteiger partial charge on any atom is -0.408 e. The van der Waals surface area contributed by atoms with E-state index in [0.717, 1.165) is 12.8 Å². The maximum absolute atomic E-state index is 12.8. The van der Waals surface area contributed by atoms with Gasteiger partial charge in [-0.2, -0.15) is 0 Å². The predicted octanol–water partition coefficient (Wildman–Crippen LogP) is 1.45. The number of nitrogens with zero attached hydrogens (tertiary/aromatic N) is 4. The van der Waals surface area contributed by atoms with Gasteiger partial charge >= 0.3 is 5.76 Å². The van der Waals surface area contributed by atoms with E-state index in [0.29, 0.717) is 30.0 Å². The molecule has 0 aliphatic carbocycles. The van der Waals surface area contributed by atoms with Crippen LogP contribution in [-0.2, 0) is 18.4 Å². The van der Waals surface area contributed by atoms with E-state index in [1.54, 1.807) is 53.2 Å². The zero-order valence-electron chi connectivity index (χ0n) is 15.0. The van der Waals surface area contributed by atoms with E-state index in [1.807, 2.05) is 0 Å². The highest BCUT2D eigenvalue weighted by Gasteiger charge is 2.31. The Labute approximate surface area is 155 Å². The van der Waals surface area contributed by atoms with Crippen LogP contribution in [0.4, 0.5) is 0 Å². The molecule has 0 radical (unpaired) electrons. The molecule has 1 saturated heterocycles. The number of amides is 1. The number of ketones is 1. The van der Waals surface area contributed by atoms with Crippen LogP contribution in [0.5, 0.6) is 0 Å². The van der Waals surface area contributed by atoms with Gasteiger partial charge in [0.2, 0.25) is 11.7 Å². The van der Waals surface area contributed by atoms with Crippen molar-refractivity contribution < 1.29 is 14.0 Å². The number of benzene rings is 1. The minimum atomic E-state index is -0.554. The monoisotopic (exact) mass is 368 g/mol. The van der Waals surface area contributed by atoms with Crippen molar-refractivity contribution in [2.24, 2.45) is 13.0 Å². The molecule has 0 bridgehead atoms. The number of aromatic nitrogens is 3. The molecule has 2 aromatic heterocycles. The van der Waals surface area contributed by atoms with Crippen molar-refractivity contribution in [3.8, 4) is 0 Å². The van der Waals surface area contributed by atoms with Crippen molar-refractivity contribution in [2.75, 3.05) is 13.1 Å². The topological polar surface area (TPSA) is 90.3 Å². The van der Waals surface area contributed by atoms with E-state index < -0.39 is 5.76 Å². The summed E-state index contributed by atoms with van der Waals surface area (Å²) in [7, 11) is 1.78. The van der Waals surface area contributed by atoms with Crippen molar-refractivity contribution in [3.05, 3.63) is 53.0 Å². The van der Waals surface area contributed by atoms with Crippen LogP contribution in [-0.4, -0.2) is 43.8 Å². The van der Waals surface area contributed by atoms with Crippen LogP contribution in [0.1, 0.15) is 23.5 Å². The molecule has 1 atom stereocenters. The Morgan fingerprint density at radius 2 is 2.11 bits per heavy atom. The molecule has 0 N–H and O–H groups in total. The first kappa shape index (κ1) is 17.3. The van der Waals surface area contributed by atoms with Gasteiger partial charge in [0, 0.05) is 38.4 Å². The first-order valence-electron chi connectivity index (χ1n) is 8.92. The number of piperidine rings is 1. The number of imidazole rings is 1. The molecule has 0 saturated carbocycles. The van der Waals surface area contributed by atoms with Crippen LogP contribution < -0.4 is 5.76 Å². The molecule has 27 heavy (non-hydrogen) atoms. The summed E-state index contributed by atoms with van der Waals surface area (Å²) in [6, 6.07) is 7.01. The third-order valence-electron chi connectivity index (χ3n) is 5.05. The zero-order chi connectivity index (χ0) is 19.0. The number of aryl methyl sites for hydroxylation is 1. The highest BCUT2D eigenvalue weighted by Crippen LogP contribution is 2.21. The van der Waals surface area contributed by atoms with E-state index in [9.17, 15) is 14.4 Å². The number of para-hydroxylation sites is 2. The van der Waals surface area contributed by atoms with Gasteiger partial charge < -0.3 is 13.9 Å². The minimum absolute atomic E-state index is 0.0501. The lowest BCUT2D eigenvalue weighted by molar-refractivity contribution is -0.133. The van der Waals surface area contributed by atoms with E-state index in [2.05, 4.69) is 4.98 Å². The van der Waals surface area contributed by atoms with Crippen LogP contribution in [0.25, 0.3) is 11.1 Å². The lowest BCUT2D eigenvalue weighted by Gasteiger charge is -2.31. The maximum Gasteiger partial charge on any atom is 0.420 e. The number of carbonyl (C=O) groups excluding carboxylic acids is 2. The van der Waals surface area contributed by atoms with Gasteiger partial charge in [-0.1, -0.05) is 12.1 Å². The van der Waals surface area contributed by atoms with E-state index in [-0.39, 0.29) is 24.2 Å². The van der Waals surface area contributed by atoms with Gasteiger partial charge in [-0.05, 0) is 25.0 Å². The van der Waals surface area contributed by atoms with Gasteiger partial charge in [0.15, 0.2) is 11.4 Å². The number of Topliss-reactive ketones (excluding diaryl/α,β-unsaturated/α-hetero) is 1. The van der Waals surface area contributed by atoms with Crippen LogP contribution in [0.3, 0.4) is 0 Å². The molecule has 8 heteroatoms. The SMILES string of the molecule is Cn1ccnc1C(=O)[C@H]1CCCN(C(=O)Cn2c(=O)oc3ccccc32)C1. The Hall–Kier alpha value is -3.16. The maximum atomic E-state index is 12.8. The van der Waals surface area contributed by atoms with Gasteiger partial charge in [0.25, 0.3) is 0 Å². The molecule has 140 valence electrons. The average Bonchev–Trinajstić information content (AvgIpc) is 3.24. The Morgan fingerprint density at radius 1 is 1.30 bits per heavy atom. The molecule has 1 aliphatic heterocycles. The fraction of sp³-hybridized carbons (Fsp3) is 0.368. The van der Waals surface area contributed by atoms with Gasteiger partial charge in [-0.3, -0.25) is 14.2 Å². The first-order chi connectivity index (χ1) is 13.0. The molecule has 1 aromatic carbocycles. The fourth-order valence-electron chi connectivity index (χ4n) is 3.60. The highest BCUT2D eigenvalue weighted by molar-refractivity contribution is 5.95. The third-order valence-corrected chi connectivity index (χ3v) is 5.05. The normalized spacial score (nSPS) is 17.4. The molecular weight excluding hydrogens is 348 g/mol. The van der Waals surface area contributed by atoms with Gasteiger partial charge in [-0.15, -0.1) is 0 Å². The number of likely N-dealkylation sites (tertiary alicyclic amines) is 1. The number of rotatable bonds is 4. The second-order valence-corrected chi connectivity index (χ2v) is 6.83. The molecule has 3 aromatic rings. The summed E-state index contributed by atoms with van der Waals surface area (Å²) < 4.78 is 8.21. The number of oxazole rings is 1. The van der Waals surface area contributed by atoms with Crippen LogP contribution in [0.15, 0.2) is 45.9 Å². The van der Waals surface area contributed by atoms with E-state index in [4.69, 9.17) is 4.42 Å². The lowest BCUT2D eigenvalue weighted by Crippen LogP contribution is -2.44.